The Labute approximate surface area is 90.0 Å². The molecule has 1 aliphatic heterocycles. The fourth-order valence-corrected chi connectivity index (χ4v) is 1.70. The lowest BCUT2D eigenvalue weighted by Gasteiger charge is -2.33. The second-order valence-corrected chi connectivity index (χ2v) is 3.90. The van der Waals surface area contributed by atoms with Crippen molar-refractivity contribution in [3.63, 3.8) is 0 Å². The highest BCUT2D eigenvalue weighted by Crippen LogP contribution is 2.09. The van der Waals surface area contributed by atoms with Gasteiger partial charge in [0.05, 0.1) is 25.2 Å². The van der Waals surface area contributed by atoms with Crippen molar-refractivity contribution in [2.24, 2.45) is 0 Å². The molecule has 0 aromatic rings. The van der Waals surface area contributed by atoms with Gasteiger partial charge in [0.25, 0.3) is 0 Å². The highest BCUT2D eigenvalue weighted by atomic mass is 16.5. The van der Waals surface area contributed by atoms with Gasteiger partial charge < -0.3 is 14.6 Å². The van der Waals surface area contributed by atoms with Gasteiger partial charge in [0, 0.05) is 26.7 Å². The molecule has 15 heavy (non-hydrogen) atoms. The van der Waals surface area contributed by atoms with Crippen LogP contribution < -0.4 is 0 Å². The van der Waals surface area contributed by atoms with Crippen LogP contribution in [0, 0.1) is 0 Å². The van der Waals surface area contributed by atoms with Gasteiger partial charge in [0.2, 0.25) is 0 Å². The van der Waals surface area contributed by atoms with E-state index in [1.54, 1.807) is 7.11 Å². The van der Waals surface area contributed by atoms with Crippen LogP contribution in [0.25, 0.3) is 0 Å². The SMILES string of the molecule is COC(C)CN1CCOC(CC(=O)O)C1. The van der Waals surface area contributed by atoms with E-state index in [1.807, 2.05) is 6.92 Å². The lowest BCUT2D eigenvalue weighted by molar-refractivity contribution is -0.142. The van der Waals surface area contributed by atoms with Gasteiger partial charge in [0.15, 0.2) is 0 Å². The number of aliphatic carboxylic acids is 1. The van der Waals surface area contributed by atoms with E-state index in [2.05, 4.69) is 4.90 Å². The van der Waals surface area contributed by atoms with Gasteiger partial charge in [-0.2, -0.15) is 0 Å². The molecular weight excluding hydrogens is 198 g/mol. The van der Waals surface area contributed by atoms with Crippen LogP contribution in [0.5, 0.6) is 0 Å². The standard InChI is InChI=1S/C10H19NO4/c1-8(14-2)6-11-3-4-15-9(7-11)5-10(12)13/h8-9H,3-7H2,1-2H3,(H,12,13). The fraction of sp³-hybridized carbons (Fsp3) is 0.900. The average Bonchev–Trinajstić information content (AvgIpc) is 2.17. The summed E-state index contributed by atoms with van der Waals surface area (Å²) < 4.78 is 10.5. The molecule has 1 fully saturated rings. The first-order valence-corrected chi connectivity index (χ1v) is 5.20. The van der Waals surface area contributed by atoms with Crippen LogP contribution in [0.3, 0.4) is 0 Å². The van der Waals surface area contributed by atoms with Crippen LogP contribution in [0.1, 0.15) is 13.3 Å². The van der Waals surface area contributed by atoms with Crippen LogP contribution in [-0.4, -0.2) is 61.5 Å². The van der Waals surface area contributed by atoms with Crippen molar-refractivity contribution >= 4 is 5.97 Å². The molecule has 88 valence electrons. The quantitative estimate of drug-likeness (QED) is 0.712. The molecule has 0 radical (unpaired) electrons. The van der Waals surface area contributed by atoms with Crippen LogP contribution in [0.15, 0.2) is 0 Å². The average molecular weight is 217 g/mol. The molecule has 1 aliphatic rings. The Bertz CT molecular complexity index is 210. The third kappa shape index (κ3) is 4.59. The van der Waals surface area contributed by atoms with Crippen molar-refractivity contribution in [2.45, 2.75) is 25.6 Å². The zero-order chi connectivity index (χ0) is 11.3. The normalized spacial score (nSPS) is 25.1. The number of hydrogen-bond donors (Lipinski definition) is 1. The second kappa shape index (κ2) is 6.05. The summed E-state index contributed by atoms with van der Waals surface area (Å²) in [5.41, 5.74) is 0. The number of ether oxygens (including phenoxy) is 2. The van der Waals surface area contributed by atoms with Crippen LogP contribution >= 0.6 is 0 Å². The Morgan fingerprint density at radius 3 is 3.07 bits per heavy atom. The molecule has 1 N–H and O–H groups in total. The molecule has 2 atom stereocenters. The summed E-state index contributed by atoms with van der Waals surface area (Å²) in [5.74, 6) is -0.804. The highest BCUT2D eigenvalue weighted by molar-refractivity contribution is 5.67. The number of carboxylic acids is 1. The van der Waals surface area contributed by atoms with Crippen molar-refractivity contribution in [2.75, 3.05) is 33.4 Å². The van der Waals surface area contributed by atoms with Gasteiger partial charge in [-0.15, -0.1) is 0 Å². The van der Waals surface area contributed by atoms with Gasteiger partial charge in [0.1, 0.15) is 0 Å². The van der Waals surface area contributed by atoms with Gasteiger partial charge in [-0.05, 0) is 6.92 Å². The zero-order valence-corrected chi connectivity index (χ0v) is 9.31. The summed E-state index contributed by atoms with van der Waals surface area (Å²) >= 11 is 0. The summed E-state index contributed by atoms with van der Waals surface area (Å²) in [6.45, 7) is 4.97. The molecule has 5 heteroatoms. The Balaban J connectivity index is 2.31. The minimum atomic E-state index is -0.804. The largest absolute Gasteiger partial charge is 0.481 e. The third-order valence-corrected chi connectivity index (χ3v) is 2.54. The number of methoxy groups -OCH3 is 1. The maximum atomic E-state index is 10.5. The zero-order valence-electron chi connectivity index (χ0n) is 9.31. The van der Waals surface area contributed by atoms with Gasteiger partial charge in [-0.1, -0.05) is 0 Å². The molecule has 0 aromatic carbocycles. The van der Waals surface area contributed by atoms with Gasteiger partial charge in [-0.3, -0.25) is 9.69 Å². The van der Waals surface area contributed by atoms with Crippen molar-refractivity contribution in [3.05, 3.63) is 0 Å². The molecule has 1 saturated heterocycles. The lowest BCUT2D eigenvalue weighted by Crippen LogP contribution is -2.46. The maximum absolute atomic E-state index is 10.5. The molecule has 5 nitrogen and oxygen atoms in total. The summed E-state index contributed by atoms with van der Waals surface area (Å²) in [5, 5.41) is 8.66. The molecule has 0 amide bonds. The number of nitrogens with zero attached hydrogens (tertiary/aromatic N) is 1. The summed E-state index contributed by atoms with van der Waals surface area (Å²) in [4.78, 5) is 12.7. The van der Waals surface area contributed by atoms with Gasteiger partial charge in [-0.25, -0.2) is 0 Å². The van der Waals surface area contributed by atoms with Crippen LogP contribution in [0.2, 0.25) is 0 Å². The predicted molar refractivity (Wildman–Crippen MR) is 54.9 cm³/mol. The minimum Gasteiger partial charge on any atom is -0.481 e. The molecule has 0 spiro atoms. The summed E-state index contributed by atoms with van der Waals surface area (Å²) in [6, 6.07) is 0. The van der Waals surface area contributed by atoms with E-state index in [0.29, 0.717) is 13.2 Å². The summed E-state index contributed by atoms with van der Waals surface area (Å²) in [7, 11) is 1.68. The van der Waals surface area contributed by atoms with E-state index < -0.39 is 5.97 Å². The van der Waals surface area contributed by atoms with Crippen molar-refractivity contribution in [1.82, 2.24) is 4.90 Å². The lowest BCUT2D eigenvalue weighted by atomic mass is 10.2. The Kier molecular flexibility index (Phi) is 5.01. The Morgan fingerprint density at radius 1 is 1.73 bits per heavy atom. The van der Waals surface area contributed by atoms with Crippen molar-refractivity contribution in [3.8, 4) is 0 Å². The van der Waals surface area contributed by atoms with E-state index in [4.69, 9.17) is 14.6 Å². The first-order chi connectivity index (χ1) is 7.11. The third-order valence-electron chi connectivity index (χ3n) is 2.54. The van der Waals surface area contributed by atoms with Gasteiger partial charge >= 0.3 is 5.97 Å². The monoisotopic (exact) mass is 217 g/mol. The maximum Gasteiger partial charge on any atom is 0.306 e. The van der Waals surface area contributed by atoms with E-state index in [-0.39, 0.29) is 18.6 Å². The number of carboxylic acid groups (broad SMARTS) is 1. The van der Waals surface area contributed by atoms with Crippen LogP contribution in [0.4, 0.5) is 0 Å². The highest BCUT2D eigenvalue weighted by Gasteiger charge is 2.23. The Morgan fingerprint density at radius 2 is 2.47 bits per heavy atom. The fourth-order valence-electron chi connectivity index (χ4n) is 1.70. The van der Waals surface area contributed by atoms with Crippen molar-refractivity contribution < 1.29 is 19.4 Å². The number of morpholine rings is 1. The molecule has 0 bridgehead atoms. The smallest absolute Gasteiger partial charge is 0.306 e. The van der Waals surface area contributed by atoms with E-state index in [1.165, 1.54) is 0 Å². The first kappa shape index (κ1) is 12.4. The number of hydrogen-bond acceptors (Lipinski definition) is 4. The van der Waals surface area contributed by atoms with E-state index in [9.17, 15) is 4.79 Å². The van der Waals surface area contributed by atoms with Crippen molar-refractivity contribution in [1.29, 1.82) is 0 Å². The molecule has 0 saturated carbocycles. The number of carbonyl (C=O) groups is 1. The number of rotatable bonds is 5. The topological polar surface area (TPSA) is 59.0 Å². The van der Waals surface area contributed by atoms with E-state index >= 15 is 0 Å². The second-order valence-electron chi connectivity index (χ2n) is 3.90. The van der Waals surface area contributed by atoms with E-state index in [0.717, 1.165) is 13.1 Å². The molecule has 2 unspecified atom stereocenters. The first-order valence-electron chi connectivity index (χ1n) is 5.20. The predicted octanol–water partition coefficient (Wildman–Crippen LogP) is 0.197. The molecule has 0 aliphatic carbocycles. The van der Waals surface area contributed by atoms with Crippen LogP contribution in [-0.2, 0) is 14.3 Å². The minimum absolute atomic E-state index is 0.0812. The molecule has 0 aromatic heterocycles. The summed E-state index contributed by atoms with van der Waals surface area (Å²) in [6.07, 6.45) is 0.0756. The Hall–Kier alpha value is -0.650. The molecule has 1 rings (SSSR count). The molecular formula is C10H19NO4. The molecule has 1 heterocycles.